The van der Waals surface area contributed by atoms with Crippen LogP contribution in [0.4, 0.5) is 0 Å². The molecular formula is C16H21N7O2S. The normalized spacial score (nSPS) is 11.2. The van der Waals surface area contributed by atoms with E-state index in [1.807, 2.05) is 12.1 Å². The number of hydrogen-bond acceptors (Lipinski definition) is 8. The maximum absolute atomic E-state index is 10.8. The molecule has 10 heteroatoms. The van der Waals surface area contributed by atoms with E-state index in [9.17, 15) is 4.79 Å². The molecule has 0 aliphatic rings. The van der Waals surface area contributed by atoms with E-state index in [1.54, 1.807) is 37.7 Å². The summed E-state index contributed by atoms with van der Waals surface area (Å²) < 4.78 is 8.21. The second kappa shape index (κ2) is 9.61. The third-order valence-electron chi connectivity index (χ3n) is 3.22. The van der Waals surface area contributed by atoms with Crippen LogP contribution < -0.4 is 26.8 Å². The smallest absolute Gasteiger partial charge is 0.232 e. The molecule has 138 valence electrons. The van der Waals surface area contributed by atoms with E-state index in [2.05, 4.69) is 14.8 Å². The van der Waals surface area contributed by atoms with Crippen molar-refractivity contribution in [1.82, 2.24) is 14.8 Å². The van der Waals surface area contributed by atoms with Gasteiger partial charge in [0.25, 0.3) is 0 Å². The van der Waals surface area contributed by atoms with Crippen LogP contribution in [0.15, 0.2) is 52.7 Å². The number of primary amides is 1. The van der Waals surface area contributed by atoms with Gasteiger partial charge in [0, 0.05) is 18.0 Å². The summed E-state index contributed by atoms with van der Waals surface area (Å²) in [6.07, 6.45) is 3.37. The Hall–Kier alpha value is -2.82. The van der Waals surface area contributed by atoms with Crippen LogP contribution in [-0.2, 0) is 11.3 Å². The first kappa shape index (κ1) is 19.5. The molecule has 1 heterocycles. The van der Waals surface area contributed by atoms with E-state index in [0.717, 1.165) is 10.5 Å². The van der Waals surface area contributed by atoms with Gasteiger partial charge in [0.2, 0.25) is 5.91 Å². The van der Waals surface area contributed by atoms with Crippen molar-refractivity contribution < 1.29 is 9.53 Å². The number of nitrogens with one attached hydrogen (secondary N) is 1. The summed E-state index contributed by atoms with van der Waals surface area (Å²) in [5.74, 6) is 6.29. The summed E-state index contributed by atoms with van der Waals surface area (Å²) in [5.41, 5.74) is 12.8. The largest absolute Gasteiger partial charge is 0.496 e. The molecule has 0 aliphatic heterocycles. The number of methoxy groups -OCH3 is 1. The van der Waals surface area contributed by atoms with E-state index >= 15 is 0 Å². The van der Waals surface area contributed by atoms with Crippen LogP contribution in [0.1, 0.15) is 11.1 Å². The van der Waals surface area contributed by atoms with Gasteiger partial charge >= 0.3 is 0 Å². The van der Waals surface area contributed by atoms with E-state index < -0.39 is 5.91 Å². The Labute approximate surface area is 155 Å². The average molecular weight is 375 g/mol. The minimum atomic E-state index is -0.443. The number of hydrazine groups is 1. The van der Waals surface area contributed by atoms with E-state index in [-0.39, 0.29) is 12.4 Å². The lowest BCUT2D eigenvalue weighted by atomic mass is 10.2. The van der Waals surface area contributed by atoms with Gasteiger partial charge in [0.15, 0.2) is 5.84 Å². The predicted octanol–water partition coefficient (Wildman–Crippen LogP) is 0.168. The number of benzene rings is 1. The highest BCUT2D eigenvalue weighted by Gasteiger charge is 2.09. The first-order valence-electron chi connectivity index (χ1n) is 7.61. The number of rotatable bonds is 9. The first-order chi connectivity index (χ1) is 12.5. The average Bonchev–Trinajstić information content (AvgIpc) is 2.62. The number of nitrogens with zero attached hydrogens (tertiary/aromatic N) is 3. The lowest BCUT2D eigenvalue weighted by Gasteiger charge is -2.14. The van der Waals surface area contributed by atoms with Crippen molar-refractivity contribution in [1.29, 1.82) is 0 Å². The number of aromatic nitrogens is 1. The second-order valence-electron chi connectivity index (χ2n) is 5.19. The molecule has 9 nitrogen and oxygen atoms in total. The summed E-state index contributed by atoms with van der Waals surface area (Å²) in [6, 6.07) is 9.03. The summed E-state index contributed by atoms with van der Waals surface area (Å²) in [4.78, 5) is 15.5. The van der Waals surface area contributed by atoms with Gasteiger partial charge in [-0.05, 0) is 47.8 Å². The van der Waals surface area contributed by atoms with Crippen molar-refractivity contribution in [2.24, 2.45) is 22.4 Å². The Morgan fingerprint density at radius 2 is 2.04 bits per heavy atom. The molecule has 0 bridgehead atoms. The van der Waals surface area contributed by atoms with Crippen LogP contribution in [0.25, 0.3) is 0 Å². The predicted molar refractivity (Wildman–Crippen MR) is 101 cm³/mol. The van der Waals surface area contributed by atoms with Gasteiger partial charge in [-0.15, -0.1) is 5.10 Å². The molecule has 0 saturated heterocycles. The zero-order chi connectivity index (χ0) is 18.9. The Morgan fingerprint density at radius 3 is 2.69 bits per heavy atom. The maximum Gasteiger partial charge on any atom is 0.232 e. The van der Waals surface area contributed by atoms with Crippen molar-refractivity contribution in [3.63, 3.8) is 0 Å². The van der Waals surface area contributed by atoms with E-state index in [4.69, 9.17) is 22.0 Å². The number of hydrazone groups is 1. The molecule has 1 amide bonds. The Kier molecular flexibility index (Phi) is 7.21. The number of amidine groups is 1. The number of nitrogens with two attached hydrogens (primary N) is 3. The fraction of sp³-hybridized carbons (Fsp3) is 0.188. The van der Waals surface area contributed by atoms with Gasteiger partial charge in [-0.25, -0.2) is 11.0 Å². The first-order valence-corrected chi connectivity index (χ1v) is 8.43. The van der Waals surface area contributed by atoms with Crippen LogP contribution in [-0.4, -0.2) is 35.5 Å². The van der Waals surface area contributed by atoms with Crippen LogP contribution >= 0.6 is 11.9 Å². The minimum Gasteiger partial charge on any atom is -0.496 e. The van der Waals surface area contributed by atoms with Crippen molar-refractivity contribution in [3.05, 3.63) is 53.9 Å². The van der Waals surface area contributed by atoms with Gasteiger partial charge in [0.1, 0.15) is 5.75 Å². The fourth-order valence-electron chi connectivity index (χ4n) is 2.00. The Morgan fingerprint density at radius 1 is 1.31 bits per heavy atom. The Balaban J connectivity index is 2.07. The van der Waals surface area contributed by atoms with Crippen molar-refractivity contribution >= 4 is 23.7 Å². The molecular weight excluding hydrogens is 354 g/mol. The van der Waals surface area contributed by atoms with Gasteiger partial charge in [-0.1, -0.05) is 0 Å². The summed E-state index contributed by atoms with van der Waals surface area (Å²) in [5, 5.41) is 5.44. The zero-order valence-corrected chi connectivity index (χ0v) is 15.1. The molecule has 0 fully saturated rings. The molecule has 0 aliphatic carbocycles. The lowest BCUT2D eigenvalue weighted by molar-refractivity contribution is -0.116. The topological polar surface area (TPSA) is 145 Å². The molecule has 2 aromatic rings. The van der Waals surface area contributed by atoms with Crippen LogP contribution in [0.2, 0.25) is 0 Å². The number of hydrogen-bond donors (Lipinski definition) is 4. The minimum absolute atomic E-state index is 0.0519. The maximum atomic E-state index is 10.8. The quantitative estimate of drug-likeness (QED) is 0.160. The summed E-state index contributed by atoms with van der Waals surface area (Å²) in [6.45, 7) is 0.446. The van der Waals surface area contributed by atoms with Crippen LogP contribution in [0.5, 0.6) is 5.75 Å². The van der Waals surface area contributed by atoms with Gasteiger partial charge in [0.05, 0.1) is 25.1 Å². The highest BCUT2D eigenvalue weighted by atomic mass is 32.2. The van der Waals surface area contributed by atoms with Crippen LogP contribution in [0.3, 0.4) is 0 Å². The standard InChI is InChI=1S/C16H21N7O2S/c1-25-13-8-12(2-3-14(13)26-21-9-15(17)24)16(18)22-23(19)10-11-4-6-20-7-5-11/h2-8,21H,9-10,19H2,1H3,(H2,17,24)(H2,18,22). The molecule has 0 saturated carbocycles. The molecule has 1 aromatic heterocycles. The molecule has 26 heavy (non-hydrogen) atoms. The van der Waals surface area contributed by atoms with E-state index in [1.165, 1.54) is 17.1 Å². The number of amides is 1. The molecule has 1 aromatic carbocycles. The Bertz CT molecular complexity index is 770. The molecule has 0 spiro atoms. The third-order valence-corrected chi connectivity index (χ3v) is 4.06. The lowest BCUT2D eigenvalue weighted by Crippen LogP contribution is -2.29. The number of pyridine rings is 1. The summed E-state index contributed by atoms with van der Waals surface area (Å²) in [7, 11) is 1.54. The highest BCUT2D eigenvalue weighted by molar-refractivity contribution is 7.97. The van der Waals surface area contributed by atoms with Crippen molar-refractivity contribution in [2.45, 2.75) is 11.4 Å². The second-order valence-corrected chi connectivity index (χ2v) is 6.13. The number of carbonyl (C=O) groups excluding carboxylic acids is 1. The zero-order valence-electron chi connectivity index (χ0n) is 14.3. The van der Waals surface area contributed by atoms with Gasteiger partial charge < -0.3 is 16.2 Å². The van der Waals surface area contributed by atoms with Crippen molar-refractivity contribution in [3.8, 4) is 5.75 Å². The third kappa shape index (κ3) is 5.92. The van der Waals surface area contributed by atoms with Crippen LogP contribution in [0, 0.1) is 0 Å². The molecule has 2 rings (SSSR count). The molecule has 7 N–H and O–H groups in total. The summed E-state index contributed by atoms with van der Waals surface area (Å²) >= 11 is 1.24. The fourth-order valence-corrected chi connectivity index (χ4v) is 2.75. The number of carbonyl (C=O) groups is 1. The van der Waals surface area contributed by atoms with Gasteiger partial charge in [-0.3, -0.25) is 14.5 Å². The van der Waals surface area contributed by atoms with E-state index in [0.29, 0.717) is 17.9 Å². The monoisotopic (exact) mass is 375 g/mol. The molecule has 0 radical (unpaired) electrons. The van der Waals surface area contributed by atoms with Gasteiger partial charge in [-0.2, -0.15) is 0 Å². The number of ether oxygens (including phenoxy) is 1. The highest BCUT2D eigenvalue weighted by Crippen LogP contribution is 2.28. The molecule has 0 atom stereocenters. The SMILES string of the molecule is COc1cc(/C(N)=N/N(N)Cc2ccncc2)ccc1SNCC(N)=O. The molecule has 0 unspecified atom stereocenters. The van der Waals surface area contributed by atoms with Crippen molar-refractivity contribution in [2.75, 3.05) is 13.7 Å².